The summed E-state index contributed by atoms with van der Waals surface area (Å²) < 4.78 is 0. The van der Waals surface area contributed by atoms with Gasteiger partial charge in [-0.25, -0.2) is 0 Å². The van der Waals surface area contributed by atoms with Crippen molar-refractivity contribution in [3.63, 3.8) is 0 Å². The van der Waals surface area contributed by atoms with Gasteiger partial charge in [-0.2, -0.15) is 0 Å². The predicted octanol–water partition coefficient (Wildman–Crippen LogP) is -0.163. The van der Waals surface area contributed by atoms with E-state index in [1.165, 1.54) is 12.1 Å². The van der Waals surface area contributed by atoms with Crippen molar-refractivity contribution < 1.29 is 14.7 Å². The fraction of sp³-hybridized carbons (Fsp3) is 0.200. The number of benzene rings is 1. The first-order valence-corrected chi connectivity index (χ1v) is 4.38. The van der Waals surface area contributed by atoms with Crippen molar-refractivity contribution in [3.05, 3.63) is 29.8 Å². The second-order valence-electron chi connectivity index (χ2n) is 3.18. The van der Waals surface area contributed by atoms with Crippen molar-refractivity contribution in [2.45, 2.75) is 12.3 Å². The number of para-hydroxylation sites is 1. The minimum absolute atomic E-state index is 0.0671. The Bertz CT molecular complexity index is 390. The van der Waals surface area contributed by atoms with Crippen molar-refractivity contribution in [2.75, 3.05) is 0 Å². The Morgan fingerprint density at radius 1 is 1.27 bits per heavy atom. The Hall–Kier alpha value is -2.04. The number of phenols is 1. The summed E-state index contributed by atoms with van der Waals surface area (Å²) in [5, 5.41) is 9.48. The van der Waals surface area contributed by atoms with Crippen LogP contribution in [0.4, 0.5) is 0 Å². The molecular formula is C10H12N2O3. The van der Waals surface area contributed by atoms with E-state index in [1.807, 2.05) is 0 Å². The van der Waals surface area contributed by atoms with E-state index < -0.39 is 17.7 Å². The van der Waals surface area contributed by atoms with Crippen LogP contribution in [0.15, 0.2) is 24.3 Å². The molecule has 5 N–H and O–H groups in total. The van der Waals surface area contributed by atoms with Crippen LogP contribution in [-0.4, -0.2) is 16.9 Å². The third-order valence-corrected chi connectivity index (χ3v) is 2.06. The normalized spacial score (nSPS) is 12.0. The highest BCUT2D eigenvalue weighted by Gasteiger charge is 2.22. The van der Waals surface area contributed by atoms with Crippen molar-refractivity contribution >= 4 is 11.8 Å². The number of rotatable bonds is 4. The van der Waals surface area contributed by atoms with Crippen LogP contribution in [-0.2, 0) is 9.59 Å². The summed E-state index contributed by atoms with van der Waals surface area (Å²) in [7, 11) is 0. The second-order valence-corrected chi connectivity index (χ2v) is 3.18. The fourth-order valence-corrected chi connectivity index (χ4v) is 1.35. The molecule has 0 aliphatic carbocycles. The summed E-state index contributed by atoms with van der Waals surface area (Å²) in [5.74, 6) is -2.26. The van der Waals surface area contributed by atoms with Crippen LogP contribution in [0.3, 0.4) is 0 Å². The Morgan fingerprint density at radius 2 is 1.87 bits per heavy atom. The molecule has 0 aliphatic rings. The number of aromatic hydroxyl groups is 1. The maximum Gasteiger partial charge on any atom is 0.225 e. The van der Waals surface area contributed by atoms with E-state index in [2.05, 4.69) is 0 Å². The standard InChI is InChI=1S/C10H12N2O3/c11-9(14)5-7(10(12)15)6-3-1-2-4-8(6)13/h1-4,7,13H,5H2,(H2,11,14)(H2,12,15). The number of hydrogen-bond acceptors (Lipinski definition) is 3. The van der Waals surface area contributed by atoms with Crippen molar-refractivity contribution in [1.82, 2.24) is 0 Å². The Labute approximate surface area is 86.7 Å². The van der Waals surface area contributed by atoms with Gasteiger partial charge in [0, 0.05) is 12.0 Å². The predicted molar refractivity (Wildman–Crippen MR) is 53.9 cm³/mol. The first-order valence-electron chi connectivity index (χ1n) is 4.38. The van der Waals surface area contributed by atoms with Crippen LogP contribution < -0.4 is 11.5 Å². The van der Waals surface area contributed by atoms with Crippen molar-refractivity contribution in [3.8, 4) is 5.75 Å². The van der Waals surface area contributed by atoms with Crippen LogP contribution >= 0.6 is 0 Å². The average Bonchev–Trinajstić information content (AvgIpc) is 2.15. The lowest BCUT2D eigenvalue weighted by Gasteiger charge is -2.12. The molecule has 1 atom stereocenters. The van der Waals surface area contributed by atoms with Gasteiger partial charge in [-0.05, 0) is 6.07 Å². The zero-order valence-corrected chi connectivity index (χ0v) is 8.01. The monoisotopic (exact) mass is 208 g/mol. The van der Waals surface area contributed by atoms with E-state index in [1.54, 1.807) is 12.1 Å². The molecule has 0 saturated heterocycles. The van der Waals surface area contributed by atoms with Gasteiger partial charge < -0.3 is 16.6 Å². The van der Waals surface area contributed by atoms with E-state index >= 15 is 0 Å². The number of primary amides is 2. The minimum Gasteiger partial charge on any atom is -0.508 e. The van der Waals surface area contributed by atoms with Crippen LogP contribution in [0, 0.1) is 0 Å². The summed E-state index contributed by atoms with van der Waals surface area (Å²) in [6.07, 6.45) is -0.201. The van der Waals surface area contributed by atoms with E-state index in [0.717, 1.165) is 0 Å². The molecule has 0 aliphatic heterocycles. The average molecular weight is 208 g/mol. The molecule has 1 aromatic carbocycles. The number of hydrogen-bond donors (Lipinski definition) is 3. The Balaban J connectivity index is 3.04. The molecule has 0 heterocycles. The molecule has 0 bridgehead atoms. The molecule has 2 amide bonds. The summed E-state index contributed by atoms with van der Waals surface area (Å²) in [5.41, 5.74) is 10.4. The largest absolute Gasteiger partial charge is 0.508 e. The maximum absolute atomic E-state index is 11.1. The molecule has 1 aromatic rings. The third-order valence-electron chi connectivity index (χ3n) is 2.06. The Morgan fingerprint density at radius 3 is 2.33 bits per heavy atom. The summed E-state index contributed by atoms with van der Waals surface area (Å²) >= 11 is 0. The van der Waals surface area contributed by atoms with E-state index in [0.29, 0.717) is 5.56 Å². The first kappa shape index (κ1) is 11.0. The molecule has 0 fully saturated rings. The lowest BCUT2D eigenvalue weighted by atomic mass is 9.94. The quantitative estimate of drug-likeness (QED) is 0.639. The zero-order valence-electron chi connectivity index (χ0n) is 8.01. The lowest BCUT2D eigenvalue weighted by molar-refractivity contribution is -0.124. The van der Waals surface area contributed by atoms with Gasteiger partial charge in [0.2, 0.25) is 11.8 Å². The van der Waals surface area contributed by atoms with Gasteiger partial charge in [-0.15, -0.1) is 0 Å². The minimum atomic E-state index is -0.872. The van der Waals surface area contributed by atoms with Crippen molar-refractivity contribution in [2.24, 2.45) is 11.5 Å². The second kappa shape index (κ2) is 4.45. The highest BCUT2D eigenvalue weighted by atomic mass is 16.3. The Kier molecular flexibility index (Phi) is 3.28. The molecule has 0 spiro atoms. The van der Waals surface area contributed by atoms with E-state index in [4.69, 9.17) is 11.5 Å². The van der Waals surface area contributed by atoms with Gasteiger partial charge in [0.25, 0.3) is 0 Å². The highest BCUT2D eigenvalue weighted by Crippen LogP contribution is 2.27. The topological polar surface area (TPSA) is 106 Å². The number of phenolic OH excluding ortho intramolecular Hbond substituents is 1. The number of carbonyl (C=O) groups is 2. The van der Waals surface area contributed by atoms with Gasteiger partial charge in [-0.1, -0.05) is 18.2 Å². The van der Waals surface area contributed by atoms with Crippen LogP contribution in [0.2, 0.25) is 0 Å². The van der Waals surface area contributed by atoms with Gasteiger partial charge in [0.1, 0.15) is 5.75 Å². The first-order chi connectivity index (χ1) is 7.02. The van der Waals surface area contributed by atoms with Gasteiger partial charge >= 0.3 is 0 Å². The number of amides is 2. The van der Waals surface area contributed by atoms with E-state index in [-0.39, 0.29) is 12.2 Å². The molecule has 1 rings (SSSR count). The number of nitrogens with two attached hydrogens (primary N) is 2. The molecule has 0 radical (unpaired) electrons. The molecule has 1 unspecified atom stereocenters. The molecule has 80 valence electrons. The van der Waals surface area contributed by atoms with E-state index in [9.17, 15) is 14.7 Å². The maximum atomic E-state index is 11.1. The van der Waals surface area contributed by atoms with Gasteiger partial charge in [0.15, 0.2) is 0 Å². The molecule has 5 nitrogen and oxygen atoms in total. The molecular weight excluding hydrogens is 196 g/mol. The highest BCUT2D eigenvalue weighted by molar-refractivity contribution is 5.88. The summed E-state index contributed by atoms with van der Waals surface area (Å²) in [6, 6.07) is 6.22. The number of carbonyl (C=O) groups excluding carboxylic acids is 2. The molecule has 0 saturated carbocycles. The van der Waals surface area contributed by atoms with Crippen LogP contribution in [0.1, 0.15) is 17.9 Å². The zero-order chi connectivity index (χ0) is 11.4. The third kappa shape index (κ3) is 2.70. The summed E-state index contributed by atoms with van der Waals surface area (Å²) in [6.45, 7) is 0. The lowest BCUT2D eigenvalue weighted by Crippen LogP contribution is -2.26. The molecule has 15 heavy (non-hydrogen) atoms. The van der Waals surface area contributed by atoms with Gasteiger partial charge in [0.05, 0.1) is 5.92 Å². The summed E-state index contributed by atoms with van der Waals surface area (Å²) in [4.78, 5) is 21.8. The molecule has 0 aromatic heterocycles. The fourth-order valence-electron chi connectivity index (χ4n) is 1.35. The van der Waals surface area contributed by atoms with Crippen LogP contribution in [0.25, 0.3) is 0 Å². The smallest absolute Gasteiger partial charge is 0.225 e. The van der Waals surface area contributed by atoms with Gasteiger partial charge in [-0.3, -0.25) is 9.59 Å². The molecule has 5 heteroatoms. The van der Waals surface area contributed by atoms with Crippen molar-refractivity contribution in [1.29, 1.82) is 0 Å². The van der Waals surface area contributed by atoms with Crippen LogP contribution in [0.5, 0.6) is 5.75 Å². The SMILES string of the molecule is NC(=O)CC(C(N)=O)c1ccccc1O.